The van der Waals surface area contributed by atoms with E-state index in [-0.39, 0.29) is 35.4 Å². The number of nitrogens with one attached hydrogen (secondary N) is 1. The third-order valence-corrected chi connectivity index (χ3v) is 6.76. The summed E-state index contributed by atoms with van der Waals surface area (Å²) in [5, 5.41) is 2.89. The lowest BCUT2D eigenvalue weighted by Gasteiger charge is -2.32. The molecule has 1 aliphatic rings. The molecule has 0 spiro atoms. The number of aromatic nitrogens is 1. The minimum absolute atomic E-state index is 0.0208. The van der Waals surface area contributed by atoms with Crippen LogP contribution in [0.2, 0.25) is 0 Å². The maximum Gasteiger partial charge on any atom is 0.254 e. The summed E-state index contributed by atoms with van der Waals surface area (Å²) in [4.78, 5) is 32.4. The SMILES string of the molecule is CN(C)c1c(F)cc(C(=O)N2CCC(c3ccc(NC(=O)Cc4ccc(Br)cn4)cc3)CC2)cc1F. The van der Waals surface area contributed by atoms with Gasteiger partial charge in [-0.2, -0.15) is 0 Å². The highest BCUT2D eigenvalue weighted by Crippen LogP contribution is 2.30. The first-order valence-corrected chi connectivity index (χ1v) is 12.5. The Balaban J connectivity index is 1.31. The summed E-state index contributed by atoms with van der Waals surface area (Å²) in [6, 6.07) is 13.6. The number of amides is 2. The highest BCUT2D eigenvalue weighted by atomic mass is 79.9. The molecule has 0 bridgehead atoms. The topological polar surface area (TPSA) is 65.5 Å². The van der Waals surface area contributed by atoms with Crippen molar-refractivity contribution in [2.45, 2.75) is 25.2 Å². The van der Waals surface area contributed by atoms with Gasteiger partial charge < -0.3 is 15.1 Å². The molecular formula is C27H27BrF2N4O2. The van der Waals surface area contributed by atoms with E-state index in [0.717, 1.165) is 35.0 Å². The Morgan fingerprint density at radius 1 is 1.06 bits per heavy atom. The zero-order chi connectivity index (χ0) is 25.8. The van der Waals surface area contributed by atoms with E-state index in [1.54, 1.807) is 31.3 Å². The van der Waals surface area contributed by atoms with Gasteiger partial charge in [-0.1, -0.05) is 12.1 Å². The molecule has 4 rings (SSSR count). The summed E-state index contributed by atoms with van der Waals surface area (Å²) in [5.41, 5.74) is 2.39. The number of halogens is 3. The van der Waals surface area contributed by atoms with Crippen LogP contribution in [0, 0.1) is 11.6 Å². The van der Waals surface area contributed by atoms with E-state index in [1.807, 2.05) is 30.3 Å². The van der Waals surface area contributed by atoms with Crippen LogP contribution < -0.4 is 10.2 Å². The van der Waals surface area contributed by atoms with Gasteiger partial charge in [0.1, 0.15) is 17.3 Å². The zero-order valence-electron chi connectivity index (χ0n) is 20.1. The van der Waals surface area contributed by atoms with Crippen LogP contribution in [0.4, 0.5) is 20.2 Å². The monoisotopic (exact) mass is 556 g/mol. The van der Waals surface area contributed by atoms with Crippen molar-refractivity contribution in [2.24, 2.45) is 0 Å². The smallest absolute Gasteiger partial charge is 0.254 e. The molecule has 1 fully saturated rings. The van der Waals surface area contributed by atoms with Crippen molar-refractivity contribution in [3.05, 3.63) is 87.7 Å². The van der Waals surface area contributed by atoms with Gasteiger partial charge in [-0.3, -0.25) is 14.6 Å². The Morgan fingerprint density at radius 3 is 2.25 bits per heavy atom. The summed E-state index contributed by atoms with van der Waals surface area (Å²) in [7, 11) is 3.10. The highest BCUT2D eigenvalue weighted by Gasteiger charge is 2.26. The number of carbonyl (C=O) groups is 2. The first-order chi connectivity index (χ1) is 17.2. The largest absolute Gasteiger partial charge is 0.373 e. The molecule has 9 heteroatoms. The molecule has 0 atom stereocenters. The van der Waals surface area contributed by atoms with Gasteiger partial charge in [-0.25, -0.2) is 8.78 Å². The molecule has 2 heterocycles. The Hall–Kier alpha value is -3.33. The van der Waals surface area contributed by atoms with E-state index in [9.17, 15) is 18.4 Å². The van der Waals surface area contributed by atoms with E-state index >= 15 is 0 Å². The van der Waals surface area contributed by atoms with Crippen LogP contribution in [-0.4, -0.2) is 48.9 Å². The fourth-order valence-electron chi connectivity index (χ4n) is 4.43. The number of benzene rings is 2. The molecule has 1 aliphatic heterocycles. The van der Waals surface area contributed by atoms with Crippen LogP contribution in [0.15, 0.2) is 59.2 Å². The van der Waals surface area contributed by atoms with Crippen LogP contribution in [0.1, 0.15) is 40.4 Å². The van der Waals surface area contributed by atoms with Gasteiger partial charge in [0.25, 0.3) is 5.91 Å². The summed E-state index contributed by atoms with van der Waals surface area (Å²) >= 11 is 3.33. The molecule has 1 saturated heterocycles. The number of hydrogen-bond donors (Lipinski definition) is 1. The van der Waals surface area contributed by atoms with Crippen LogP contribution >= 0.6 is 15.9 Å². The van der Waals surface area contributed by atoms with E-state index in [0.29, 0.717) is 24.5 Å². The lowest BCUT2D eigenvalue weighted by molar-refractivity contribution is -0.115. The van der Waals surface area contributed by atoms with Crippen LogP contribution in [0.3, 0.4) is 0 Å². The highest BCUT2D eigenvalue weighted by molar-refractivity contribution is 9.10. The molecule has 188 valence electrons. The third kappa shape index (κ3) is 6.07. The number of anilines is 2. The van der Waals surface area contributed by atoms with Gasteiger partial charge >= 0.3 is 0 Å². The van der Waals surface area contributed by atoms with Crippen LogP contribution in [0.5, 0.6) is 0 Å². The van der Waals surface area contributed by atoms with Crippen molar-refractivity contribution in [2.75, 3.05) is 37.4 Å². The quantitative estimate of drug-likeness (QED) is 0.442. The second-order valence-electron chi connectivity index (χ2n) is 9.06. The summed E-state index contributed by atoms with van der Waals surface area (Å²) in [6.45, 7) is 1.00. The Labute approximate surface area is 217 Å². The Morgan fingerprint density at radius 2 is 1.69 bits per heavy atom. The molecule has 1 N–H and O–H groups in total. The standard InChI is InChI=1S/C27H27BrF2N4O2/c1-33(2)26-23(29)13-19(14-24(26)30)27(36)34-11-9-18(10-12-34)17-3-6-21(7-4-17)32-25(35)15-22-8-5-20(28)16-31-22/h3-8,13-14,16,18H,9-12,15H2,1-2H3,(H,32,35). The number of likely N-dealkylation sites (tertiary alicyclic amines) is 1. The molecule has 2 aromatic carbocycles. The van der Waals surface area contributed by atoms with Crippen molar-refractivity contribution in [3.8, 4) is 0 Å². The van der Waals surface area contributed by atoms with Crippen molar-refractivity contribution in [1.82, 2.24) is 9.88 Å². The van der Waals surface area contributed by atoms with Gasteiger partial charge in [0.2, 0.25) is 5.91 Å². The predicted molar refractivity (Wildman–Crippen MR) is 139 cm³/mol. The van der Waals surface area contributed by atoms with Gasteiger partial charge in [0.15, 0.2) is 0 Å². The Bertz CT molecular complexity index is 1220. The van der Waals surface area contributed by atoms with Crippen molar-refractivity contribution >= 4 is 39.1 Å². The number of rotatable bonds is 6. The fraction of sp³-hybridized carbons (Fsp3) is 0.296. The van der Waals surface area contributed by atoms with Gasteiger partial charge in [0.05, 0.1) is 6.42 Å². The van der Waals surface area contributed by atoms with Gasteiger partial charge in [-0.15, -0.1) is 0 Å². The number of nitrogens with zero attached hydrogens (tertiary/aromatic N) is 3. The minimum Gasteiger partial charge on any atom is -0.373 e. The predicted octanol–water partition coefficient (Wildman–Crippen LogP) is 5.39. The molecule has 1 aromatic heterocycles. The van der Waals surface area contributed by atoms with Crippen molar-refractivity contribution in [1.29, 1.82) is 0 Å². The molecule has 36 heavy (non-hydrogen) atoms. The van der Waals surface area contributed by atoms with Crippen LogP contribution in [0.25, 0.3) is 0 Å². The minimum atomic E-state index is -0.751. The molecule has 0 saturated carbocycles. The number of piperidine rings is 1. The van der Waals surface area contributed by atoms with Crippen LogP contribution in [-0.2, 0) is 11.2 Å². The molecular weight excluding hydrogens is 530 g/mol. The van der Waals surface area contributed by atoms with E-state index in [2.05, 4.69) is 26.2 Å². The maximum absolute atomic E-state index is 14.3. The molecule has 6 nitrogen and oxygen atoms in total. The van der Waals surface area contributed by atoms with Crippen molar-refractivity contribution in [3.63, 3.8) is 0 Å². The molecule has 0 radical (unpaired) electrons. The first-order valence-electron chi connectivity index (χ1n) is 11.7. The number of carbonyl (C=O) groups excluding carboxylic acids is 2. The summed E-state index contributed by atoms with van der Waals surface area (Å²) in [6.07, 6.45) is 3.33. The lowest BCUT2D eigenvalue weighted by atomic mass is 9.89. The summed E-state index contributed by atoms with van der Waals surface area (Å²) < 4.78 is 29.5. The van der Waals surface area contributed by atoms with E-state index in [4.69, 9.17) is 0 Å². The average molecular weight is 557 g/mol. The first kappa shape index (κ1) is 25.8. The second-order valence-corrected chi connectivity index (χ2v) is 9.98. The maximum atomic E-state index is 14.3. The Kier molecular flexibility index (Phi) is 7.98. The van der Waals surface area contributed by atoms with E-state index in [1.165, 1.54) is 4.90 Å². The average Bonchev–Trinajstić information content (AvgIpc) is 2.85. The zero-order valence-corrected chi connectivity index (χ0v) is 21.7. The third-order valence-electron chi connectivity index (χ3n) is 6.29. The lowest BCUT2D eigenvalue weighted by Crippen LogP contribution is -2.38. The van der Waals surface area contributed by atoms with Crippen molar-refractivity contribution < 1.29 is 18.4 Å². The molecule has 2 amide bonds. The van der Waals surface area contributed by atoms with Gasteiger partial charge in [0, 0.05) is 54.8 Å². The fourth-order valence-corrected chi connectivity index (χ4v) is 4.67. The second kappa shape index (κ2) is 11.2. The molecule has 3 aromatic rings. The number of hydrogen-bond acceptors (Lipinski definition) is 4. The van der Waals surface area contributed by atoms with E-state index < -0.39 is 11.6 Å². The summed E-state index contributed by atoms with van der Waals surface area (Å²) in [5.74, 6) is -1.75. The molecule has 0 unspecified atom stereocenters. The number of pyridine rings is 1. The van der Waals surface area contributed by atoms with Gasteiger partial charge in [-0.05, 0) is 76.7 Å². The normalized spacial score (nSPS) is 14.0. The molecule has 0 aliphatic carbocycles.